The summed E-state index contributed by atoms with van der Waals surface area (Å²) in [4.78, 5) is 31.8. The van der Waals surface area contributed by atoms with Crippen molar-refractivity contribution in [3.05, 3.63) is 95.3 Å². The Morgan fingerprint density at radius 2 is 1.81 bits per heavy atom. The van der Waals surface area contributed by atoms with Gasteiger partial charge in [-0.2, -0.15) is 0 Å². The first kappa shape index (κ1) is 21.3. The van der Waals surface area contributed by atoms with E-state index in [9.17, 15) is 14.7 Å². The van der Waals surface area contributed by atoms with Crippen molar-refractivity contribution in [1.82, 2.24) is 4.98 Å². The molecule has 1 saturated heterocycles. The summed E-state index contributed by atoms with van der Waals surface area (Å²) in [6.45, 7) is 4.47. The maximum absolute atomic E-state index is 13.2. The van der Waals surface area contributed by atoms with Gasteiger partial charge in [0.05, 0.1) is 18.2 Å². The van der Waals surface area contributed by atoms with E-state index in [-0.39, 0.29) is 11.3 Å². The molecule has 0 radical (unpaired) electrons. The summed E-state index contributed by atoms with van der Waals surface area (Å²) in [6, 6.07) is 17.0. The average Bonchev–Trinajstić information content (AvgIpc) is 3.08. The third-order valence-corrected chi connectivity index (χ3v) is 5.33. The third kappa shape index (κ3) is 3.99. The molecule has 6 heteroatoms. The second-order valence-electron chi connectivity index (χ2n) is 7.66. The van der Waals surface area contributed by atoms with Crippen LogP contribution >= 0.6 is 0 Å². The molecule has 0 saturated carbocycles. The number of aliphatic hydroxyl groups is 1. The van der Waals surface area contributed by atoms with E-state index in [1.807, 2.05) is 32.0 Å². The zero-order chi connectivity index (χ0) is 22.7. The molecule has 32 heavy (non-hydrogen) atoms. The van der Waals surface area contributed by atoms with E-state index in [1.54, 1.807) is 54.9 Å². The molecule has 6 nitrogen and oxygen atoms in total. The number of benzene rings is 2. The van der Waals surface area contributed by atoms with Crippen LogP contribution in [0.2, 0.25) is 0 Å². The Bertz CT molecular complexity index is 1190. The van der Waals surface area contributed by atoms with E-state index in [1.165, 1.54) is 4.90 Å². The Labute approximate surface area is 186 Å². The number of aliphatic hydroxyl groups excluding tert-OH is 1. The zero-order valence-electron chi connectivity index (χ0n) is 18.0. The highest BCUT2D eigenvalue weighted by Gasteiger charge is 2.47. The Hall–Kier alpha value is -3.93. The van der Waals surface area contributed by atoms with E-state index in [0.29, 0.717) is 29.2 Å². The van der Waals surface area contributed by atoms with Crippen molar-refractivity contribution in [3.63, 3.8) is 0 Å². The summed E-state index contributed by atoms with van der Waals surface area (Å²) in [5.74, 6) is -1.06. The van der Waals surface area contributed by atoms with Crippen LogP contribution in [0.15, 0.2) is 78.6 Å². The summed E-state index contributed by atoms with van der Waals surface area (Å²) in [5.41, 5.74) is 2.68. The second-order valence-corrected chi connectivity index (χ2v) is 7.66. The van der Waals surface area contributed by atoms with Gasteiger partial charge in [-0.05, 0) is 60.9 Å². The first-order chi connectivity index (χ1) is 15.5. The summed E-state index contributed by atoms with van der Waals surface area (Å²) in [6.07, 6.45) is 4.05. The van der Waals surface area contributed by atoms with Crippen molar-refractivity contribution in [2.24, 2.45) is 0 Å². The third-order valence-electron chi connectivity index (χ3n) is 5.33. The summed E-state index contributed by atoms with van der Waals surface area (Å²) < 4.78 is 5.67. The highest BCUT2D eigenvalue weighted by Crippen LogP contribution is 2.42. The van der Waals surface area contributed by atoms with Crippen LogP contribution in [0.25, 0.3) is 5.76 Å². The molecule has 1 fully saturated rings. The molecule has 1 aromatic heterocycles. The molecule has 1 aliphatic heterocycles. The number of aromatic nitrogens is 1. The van der Waals surface area contributed by atoms with Crippen molar-refractivity contribution >= 4 is 23.1 Å². The molecule has 162 valence electrons. The quantitative estimate of drug-likeness (QED) is 0.346. The average molecular weight is 428 g/mol. The number of ketones is 1. The number of nitrogens with zero attached hydrogens (tertiary/aromatic N) is 2. The molecule has 1 atom stereocenters. The summed E-state index contributed by atoms with van der Waals surface area (Å²) in [7, 11) is 0. The summed E-state index contributed by atoms with van der Waals surface area (Å²) >= 11 is 0. The number of carbonyl (C=O) groups excluding carboxylic acids is 2. The van der Waals surface area contributed by atoms with Gasteiger partial charge >= 0.3 is 0 Å². The minimum absolute atomic E-state index is 0.0374. The van der Waals surface area contributed by atoms with Crippen LogP contribution in [-0.4, -0.2) is 28.4 Å². The van der Waals surface area contributed by atoms with E-state index in [4.69, 9.17) is 4.74 Å². The molecule has 2 aromatic carbocycles. The molecule has 2 heterocycles. The lowest BCUT2D eigenvalue weighted by Crippen LogP contribution is -2.29. The predicted octanol–water partition coefficient (Wildman–Crippen LogP) is 4.81. The Morgan fingerprint density at radius 3 is 2.53 bits per heavy atom. The van der Waals surface area contributed by atoms with E-state index in [2.05, 4.69) is 4.98 Å². The van der Waals surface area contributed by atoms with E-state index >= 15 is 0 Å². The summed E-state index contributed by atoms with van der Waals surface area (Å²) in [5, 5.41) is 11.2. The van der Waals surface area contributed by atoms with E-state index < -0.39 is 17.7 Å². The smallest absolute Gasteiger partial charge is 0.300 e. The van der Waals surface area contributed by atoms with Gasteiger partial charge in [-0.1, -0.05) is 31.2 Å². The SMILES string of the molecule is CCCOc1cccc(/C(O)=C2\C(=O)C(=O)N(c3cccc(C)c3)C2c2ccncc2)c1. The molecule has 1 unspecified atom stereocenters. The molecule has 0 aliphatic carbocycles. The van der Waals surface area contributed by atoms with Gasteiger partial charge in [-0.15, -0.1) is 0 Å². The highest BCUT2D eigenvalue weighted by atomic mass is 16.5. The number of aryl methyl sites for hydroxylation is 1. The molecule has 0 spiro atoms. The van der Waals surface area contributed by atoms with Gasteiger partial charge in [0.15, 0.2) is 0 Å². The molecular formula is C26H24N2O4. The number of pyridine rings is 1. The zero-order valence-corrected chi connectivity index (χ0v) is 18.0. The molecule has 1 N–H and O–H groups in total. The molecule has 1 aliphatic rings. The molecule has 3 aromatic rings. The molecule has 0 bridgehead atoms. The van der Waals surface area contributed by atoms with Gasteiger partial charge < -0.3 is 9.84 Å². The van der Waals surface area contributed by atoms with Crippen LogP contribution in [0.4, 0.5) is 5.69 Å². The predicted molar refractivity (Wildman–Crippen MR) is 122 cm³/mol. The minimum atomic E-state index is -0.778. The Kier molecular flexibility index (Phi) is 6.03. The lowest BCUT2D eigenvalue weighted by molar-refractivity contribution is -0.132. The fraction of sp³-hybridized carbons (Fsp3) is 0.192. The monoisotopic (exact) mass is 428 g/mol. The van der Waals surface area contributed by atoms with Crippen molar-refractivity contribution in [3.8, 4) is 5.75 Å². The normalized spacial score (nSPS) is 17.6. The first-order valence-electron chi connectivity index (χ1n) is 10.5. The second kappa shape index (κ2) is 9.06. The lowest BCUT2D eigenvalue weighted by atomic mass is 9.95. The largest absolute Gasteiger partial charge is 0.507 e. The highest BCUT2D eigenvalue weighted by molar-refractivity contribution is 6.51. The van der Waals surface area contributed by atoms with Gasteiger partial charge in [0, 0.05) is 23.6 Å². The van der Waals surface area contributed by atoms with Crippen molar-refractivity contribution < 1.29 is 19.4 Å². The van der Waals surface area contributed by atoms with Gasteiger partial charge in [0.25, 0.3) is 11.7 Å². The molecule has 4 rings (SSSR count). The van der Waals surface area contributed by atoms with Gasteiger partial charge in [-0.3, -0.25) is 19.5 Å². The number of ether oxygens (including phenoxy) is 1. The number of hydrogen-bond acceptors (Lipinski definition) is 5. The number of carbonyl (C=O) groups is 2. The van der Waals surface area contributed by atoms with Gasteiger partial charge in [-0.25, -0.2) is 0 Å². The maximum atomic E-state index is 13.2. The van der Waals surface area contributed by atoms with Gasteiger partial charge in [0.1, 0.15) is 11.5 Å². The van der Waals surface area contributed by atoms with Crippen LogP contribution in [0.5, 0.6) is 5.75 Å². The Morgan fingerprint density at radius 1 is 1.06 bits per heavy atom. The van der Waals surface area contributed by atoms with Crippen molar-refractivity contribution in [1.29, 1.82) is 0 Å². The lowest BCUT2D eigenvalue weighted by Gasteiger charge is -2.25. The first-order valence-corrected chi connectivity index (χ1v) is 10.5. The number of Topliss-reactive ketones (excluding diaryl/α,β-unsaturated/α-hetero) is 1. The minimum Gasteiger partial charge on any atom is -0.507 e. The number of anilines is 1. The molecule has 1 amide bonds. The molecular weight excluding hydrogens is 404 g/mol. The Balaban J connectivity index is 1.88. The fourth-order valence-electron chi connectivity index (χ4n) is 3.85. The van der Waals surface area contributed by atoms with Crippen LogP contribution in [0.1, 0.15) is 36.1 Å². The van der Waals surface area contributed by atoms with Crippen LogP contribution < -0.4 is 9.64 Å². The van der Waals surface area contributed by atoms with Gasteiger partial charge in [0.2, 0.25) is 0 Å². The number of hydrogen-bond donors (Lipinski definition) is 1. The maximum Gasteiger partial charge on any atom is 0.300 e. The van der Waals surface area contributed by atoms with E-state index in [0.717, 1.165) is 12.0 Å². The standard InChI is InChI=1S/C26H24N2O4/c1-3-14-32-21-9-5-7-19(16-21)24(29)22-23(18-10-12-27-13-11-18)28(26(31)25(22)30)20-8-4-6-17(2)15-20/h4-13,15-16,23,29H,3,14H2,1-2H3/b24-22+. The van der Waals surface area contributed by atoms with Crippen molar-refractivity contribution in [2.45, 2.75) is 26.3 Å². The fourth-order valence-corrected chi connectivity index (χ4v) is 3.85. The van der Waals surface area contributed by atoms with Crippen LogP contribution in [0, 0.1) is 6.92 Å². The van der Waals surface area contributed by atoms with Crippen molar-refractivity contribution in [2.75, 3.05) is 11.5 Å². The number of rotatable bonds is 6. The van der Waals surface area contributed by atoms with Crippen LogP contribution in [-0.2, 0) is 9.59 Å². The van der Waals surface area contributed by atoms with Crippen LogP contribution in [0.3, 0.4) is 0 Å². The number of amides is 1. The topological polar surface area (TPSA) is 79.7 Å².